The molecule has 1 atom stereocenters. The lowest BCUT2D eigenvalue weighted by atomic mass is 10.1. The molecule has 1 saturated heterocycles. The van der Waals surface area contributed by atoms with Crippen LogP contribution in [0.25, 0.3) is 0 Å². The maximum absolute atomic E-state index is 12.0. The molecule has 0 aliphatic carbocycles. The first-order valence-corrected chi connectivity index (χ1v) is 5.73. The van der Waals surface area contributed by atoms with Crippen molar-refractivity contribution in [1.82, 2.24) is 10.2 Å². The molecule has 0 radical (unpaired) electrons. The quantitative estimate of drug-likeness (QED) is 0.827. The molecule has 1 aliphatic heterocycles. The van der Waals surface area contributed by atoms with E-state index in [1.807, 2.05) is 12.1 Å². The topological polar surface area (TPSA) is 69.3 Å². The van der Waals surface area contributed by atoms with Crippen molar-refractivity contribution < 1.29 is 9.21 Å². The molecular weight excluding hydrogens is 218 g/mol. The minimum atomic E-state index is -0.340. The van der Waals surface area contributed by atoms with Crippen molar-refractivity contribution in [2.45, 2.75) is 18.9 Å². The van der Waals surface area contributed by atoms with Crippen LogP contribution < -0.4 is 5.32 Å². The van der Waals surface area contributed by atoms with Crippen LogP contribution in [0.2, 0.25) is 0 Å². The normalized spacial score (nSPS) is 19.9. The first kappa shape index (κ1) is 11.7. The Kier molecular flexibility index (Phi) is 3.78. The summed E-state index contributed by atoms with van der Waals surface area (Å²) in [7, 11) is 0. The highest BCUT2D eigenvalue weighted by Crippen LogP contribution is 2.09. The second kappa shape index (κ2) is 5.51. The fourth-order valence-electron chi connectivity index (χ4n) is 1.95. The van der Waals surface area contributed by atoms with Gasteiger partial charge in [-0.2, -0.15) is 5.26 Å². The van der Waals surface area contributed by atoms with Crippen LogP contribution >= 0.6 is 0 Å². The van der Waals surface area contributed by atoms with E-state index in [1.165, 1.54) is 0 Å². The van der Waals surface area contributed by atoms with E-state index in [0.717, 1.165) is 12.3 Å². The molecule has 1 fully saturated rings. The zero-order valence-electron chi connectivity index (χ0n) is 9.56. The highest BCUT2D eigenvalue weighted by Gasteiger charge is 2.25. The Labute approximate surface area is 100 Å². The molecule has 2 rings (SSSR count). The van der Waals surface area contributed by atoms with Crippen molar-refractivity contribution in [2.24, 2.45) is 0 Å². The molecule has 2 heterocycles. The van der Waals surface area contributed by atoms with Gasteiger partial charge in [0.2, 0.25) is 5.91 Å². The Bertz CT molecular complexity index is 408. The summed E-state index contributed by atoms with van der Waals surface area (Å²) in [6.45, 7) is 1.92. The number of carbonyl (C=O) groups is 1. The van der Waals surface area contributed by atoms with Gasteiger partial charge < -0.3 is 14.6 Å². The summed E-state index contributed by atoms with van der Waals surface area (Å²) in [5, 5.41) is 12.1. The third-order valence-electron chi connectivity index (χ3n) is 2.88. The van der Waals surface area contributed by atoms with Gasteiger partial charge in [-0.1, -0.05) is 0 Å². The van der Waals surface area contributed by atoms with Crippen LogP contribution in [-0.4, -0.2) is 36.5 Å². The standard InChI is InChI=1S/C12H15N3O2/c13-8-10-9-14-5-6-15(10)12(16)4-3-11-2-1-7-17-11/h1-2,7,10,14H,3-6,9H2. The number of amides is 1. The van der Waals surface area contributed by atoms with Gasteiger partial charge in [0, 0.05) is 32.5 Å². The molecule has 1 aromatic rings. The number of nitriles is 1. The SMILES string of the molecule is N#CC1CNCCN1C(=O)CCc1ccco1. The number of piperazine rings is 1. The average Bonchev–Trinajstić information content (AvgIpc) is 2.89. The van der Waals surface area contributed by atoms with Gasteiger partial charge in [-0.05, 0) is 12.1 Å². The largest absolute Gasteiger partial charge is 0.469 e. The van der Waals surface area contributed by atoms with Gasteiger partial charge in [0.1, 0.15) is 11.8 Å². The predicted octanol–water partition coefficient (Wildman–Crippen LogP) is 0.536. The summed E-state index contributed by atoms with van der Waals surface area (Å²) in [5.41, 5.74) is 0. The number of aryl methyl sites for hydroxylation is 1. The van der Waals surface area contributed by atoms with E-state index in [4.69, 9.17) is 9.68 Å². The zero-order chi connectivity index (χ0) is 12.1. The molecule has 1 aromatic heterocycles. The highest BCUT2D eigenvalue weighted by atomic mass is 16.3. The third kappa shape index (κ3) is 2.86. The third-order valence-corrected chi connectivity index (χ3v) is 2.88. The second-order valence-corrected chi connectivity index (χ2v) is 4.02. The van der Waals surface area contributed by atoms with Crippen LogP contribution in [0.1, 0.15) is 12.2 Å². The number of nitrogens with zero attached hydrogens (tertiary/aromatic N) is 2. The lowest BCUT2D eigenvalue weighted by Gasteiger charge is -2.32. The minimum absolute atomic E-state index is 0.0226. The molecule has 1 N–H and O–H groups in total. The van der Waals surface area contributed by atoms with Crippen molar-refractivity contribution in [3.05, 3.63) is 24.2 Å². The summed E-state index contributed by atoms with van der Waals surface area (Å²) < 4.78 is 5.18. The first-order chi connectivity index (χ1) is 8.31. The lowest BCUT2D eigenvalue weighted by molar-refractivity contribution is -0.133. The number of hydrogen-bond donors (Lipinski definition) is 1. The molecule has 0 aromatic carbocycles. The Morgan fingerprint density at radius 1 is 1.71 bits per heavy atom. The van der Waals surface area contributed by atoms with E-state index in [9.17, 15) is 4.79 Å². The zero-order valence-corrected chi connectivity index (χ0v) is 9.56. The molecule has 0 bridgehead atoms. The molecular formula is C12H15N3O2. The van der Waals surface area contributed by atoms with Gasteiger partial charge in [0.25, 0.3) is 0 Å². The maximum Gasteiger partial charge on any atom is 0.224 e. The van der Waals surface area contributed by atoms with Crippen molar-refractivity contribution in [3.8, 4) is 6.07 Å². The summed E-state index contributed by atoms with van der Waals surface area (Å²) in [6.07, 6.45) is 2.59. The fourth-order valence-corrected chi connectivity index (χ4v) is 1.95. The molecule has 5 heteroatoms. The van der Waals surface area contributed by atoms with Crippen LogP contribution in [0.4, 0.5) is 0 Å². The van der Waals surface area contributed by atoms with E-state index in [1.54, 1.807) is 11.2 Å². The van der Waals surface area contributed by atoms with Crippen molar-refractivity contribution in [1.29, 1.82) is 5.26 Å². The van der Waals surface area contributed by atoms with Gasteiger partial charge in [0.05, 0.1) is 12.3 Å². The van der Waals surface area contributed by atoms with Gasteiger partial charge in [-0.3, -0.25) is 4.79 Å². The van der Waals surface area contributed by atoms with E-state index in [-0.39, 0.29) is 11.9 Å². The Balaban J connectivity index is 1.88. The Hall–Kier alpha value is -1.80. The van der Waals surface area contributed by atoms with Crippen LogP contribution in [0.5, 0.6) is 0 Å². The Morgan fingerprint density at radius 2 is 2.59 bits per heavy atom. The monoisotopic (exact) mass is 233 g/mol. The van der Waals surface area contributed by atoms with Crippen molar-refractivity contribution >= 4 is 5.91 Å². The van der Waals surface area contributed by atoms with Crippen LogP contribution in [0.3, 0.4) is 0 Å². The fraction of sp³-hybridized carbons (Fsp3) is 0.500. The smallest absolute Gasteiger partial charge is 0.224 e. The average molecular weight is 233 g/mol. The molecule has 1 unspecified atom stereocenters. The number of hydrogen-bond acceptors (Lipinski definition) is 4. The molecule has 17 heavy (non-hydrogen) atoms. The van der Waals surface area contributed by atoms with Gasteiger partial charge >= 0.3 is 0 Å². The molecule has 90 valence electrons. The summed E-state index contributed by atoms with van der Waals surface area (Å²) >= 11 is 0. The summed E-state index contributed by atoms with van der Waals surface area (Å²) in [5.74, 6) is 0.830. The van der Waals surface area contributed by atoms with Crippen LogP contribution in [0.15, 0.2) is 22.8 Å². The van der Waals surface area contributed by atoms with Gasteiger partial charge in [0.15, 0.2) is 0 Å². The number of nitrogens with one attached hydrogen (secondary N) is 1. The van der Waals surface area contributed by atoms with E-state index in [0.29, 0.717) is 25.9 Å². The van der Waals surface area contributed by atoms with Gasteiger partial charge in [-0.25, -0.2) is 0 Å². The molecule has 0 saturated carbocycles. The number of furan rings is 1. The lowest BCUT2D eigenvalue weighted by Crippen LogP contribution is -2.53. The second-order valence-electron chi connectivity index (χ2n) is 4.02. The Morgan fingerprint density at radius 3 is 3.29 bits per heavy atom. The summed E-state index contributed by atoms with van der Waals surface area (Å²) in [6, 6.07) is 5.47. The molecule has 1 aliphatic rings. The first-order valence-electron chi connectivity index (χ1n) is 5.73. The van der Waals surface area contributed by atoms with Crippen LogP contribution in [0, 0.1) is 11.3 Å². The highest BCUT2D eigenvalue weighted by molar-refractivity contribution is 5.77. The molecule has 5 nitrogen and oxygen atoms in total. The summed E-state index contributed by atoms with van der Waals surface area (Å²) in [4.78, 5) is 13.6. The maximum atomic E-state index is 12.0. The predicted molar refractivity (Wildman–Crippen MR) is 61.0 cm³/mol. The molecule has 1 amide bonds. The van der Waals surface area contributed by atoms with Crippen molar-refractivity contribution in [3.63, 3.8) is 0 Å². The van der Waals surface area contributed by atoms with Crippen molar-refractivity contribution in [2.75, 3.05) is 19.6 Å². The van der Waals surface area contributed by atoms with E-state index >= 15 is 0 Å². The van der Waals surface area contributed by atoms with E-state index < -0.39 is 0 Å². The van der Waals surface area contributed by atoms with E-state index in [2.05, 4.69) is 11.4 Å². The minimum Gasteiger partial charge on any atom is -0.469 e. The number of carbonyl (C=O) groups excluding carboxylic acids is 1. The molecule has 0 spiro atoms. The van der Waals surface area contributed by atoms with Gasteiger partial charge in [-0.15, -0.1) is 0 Å². The van der Waals surface area contributed by atoms with Crippen LogP contribution in [-0.2, 0) is 11.2 Å². The number of rotatable bonds is 3.